The Morgan fingerprint density at radius 3 is 2.50 bits per heavy atom. The van der Waals surface area contributed by atoms with Crippen LogP contribution in [0.4, 0.5) is 0 Å². The third-order valence-electron chi connectivity index (χ3n) is 0.825. The van der Waals surface area contributed by atoms with Crippen molar-refractivity contribution in [3.8, 4) is 0 Å². The van der Waals surface area contributed by atoms with E-state index >= 15 is 0 Å². The van der Waals surface area contributed by atoms with E-state index < -0.39 is 0 Å². The van der Waals surface area contributed by atoms with E-state index in [-0.39, 0.29) is 0 Å². The average Bonchev–Trinajstić information content (AvgIpc) is 2.19. The van der Waals surface area contributed by atoms with Crippen LogP contribution in [0.15, 0.2) is 12.7 Å². The molecule has 8 heavy (non-hydrogen) atoms. The quantitative estimate of drug-likeness (QED) is 0.578. The molecule has 1 rings (SSSR count). The number of aromatic nitrogens is 3. The zero-order valence-corrected chi connectivity index (χ0v) is 5.25. The van der Waals surface area contributed by atoms with Crippen LogP contribution >= 0.6 is 12.6 Å². The maximum atomic E-state index is 4.03. The predicted octanol–water partition coefficient (Wildman–Crippen LogP) is 0.208. The SMILES string of the molecule is SCCn1cnnc1. The Labute approximate surface area is 53.1 Å². The molecule has 0 aromatic carbocycles. The Morgan fingerprint density at radius 2 is 2.00 bits per heavy atom. The summed E-state index contributed by atoms with van der Waals surface area (Å²) in [6, 6.07) is 0. The molecular formula is C4H7N3S. The highest BCUT2D eigenvalue weighted by atomic mass is 32.1. The maximum Gasteiger partial charge on any atom is 0.119 e. The van der Waals surface area contributed by atoms with E-state index in [4.69, 9.17) is 0 Å². The predicted molar refractivity (Wildman–Crippen MR) is 33.9 cm³/mol. The van der Waals surface area contributed by atoms with E-state index in [1.165, 1.54) is 0 Å². The second kappa shape index (κ2) is 2.71. The largest absolute Gasteiger partial charge is 0.319 e. The fourth-order valence-corrected chi connectivity index (χ4v) is 0.684. The number of aryl methyl sites for hydroxylation is 1. The van der Waals surface area contributed by atoms with Gasteiger partial charge in [-0.2, -0.15) is 12.6 Å². The number of hydrogen-bond acceptors (Lipinski definition) is 3. The normalized spacial score (nSPS) is 9.62. The summed E-state index contributed by atoms with van der Waals surface area (Å²) in [5.41, 5.74) is 0. The molecule has 1 aromatic heterocycles. The van der Waals surface area contributed by atoms with E-state index in [2.05, 4.69) is 22.8 Å². The molecule has 0 radical (unpaired) electrons. The molecule has 0 fully saturated rings. The van der Waals surface area contributed by atoms with E-state index in [9.17, 15) is 0 Å². The molecular weight excluding hydrogens is 122 g/mol. The van der Waals surface area contributed by atoms with Gasteiger partial charge in [-0.05, 0) is 0 Å². The number of nitrogens with zero attached hydrogens (tertiary/aromatic N) is 3. The smallest absolute Gasteiger partial charge is 0.119 e. The van der Waals surface area contributed by atoms with Crippen LogP contribution in [0.2, 0.25) is 0 Å². The van der Waals surface area contributed by atoms with Crippen LogP contribution in [0.1, 0.15) is 0 Å². The van der Waals surface area contributed by atoms with Crippen molar-refractivity contribution < 1.29 is 0 Å². The molecule has 0 N–H and O–H groups in total. The molecule has 0 aliphatic carbocycles. The fourth-order valence-electron chi connectivity index (χ4n) is 0.453. The minimum atomic E-state index is 0.831. The molecule has 0 saturated carbocycles. The molecule has 0 aliphatic heterocycles. The zero-order chi connectivity index (χ0) is 5.82. The summed E-state index contributed by atoms with van der Waals surface area (Å²) in [7, 11) is 0. The van der Waals surface area contributed by atoms with Crippen molar-refractivity contribution in [3.05, 3.63) is 12.7 Å². The van der Waals surface area contributed by atoms with Gasteiger partial charge in [-0.15, -0.1) is 10.2 Å². The second-order valence-electron chi connectivity index (χ2n) is 1.42. The van der Waals surface area contributed by atoms with Gasteiger partial charge in [0.25, 0.3) is 0 Å². The Morgan fingerprint density at radius 1 is 1.38 bits per heavy atom. The molecule has 0 bridgehead atoms. The average molecular weight is 129 g/mol. The second-order valence-corrected chi connectivity index (χ2v) is 1.87. The van der Waals surface area contributed by atoms with Gasteiger partial charge in [0.2, 0.25) is 0 Å². The van der Waals surface area contributed by atoms with Gasteiger partial charge in [0.15, 0.2) is 0 Å². The molecule has 1 heterocycles. The lowest BCUT2D eigenvalue weighted by Crippen LogP contribution is -1.93. The zero-order valence-electron chi connectivity index (χ0n) is 4.36. The number of thiol groups is 1. The fraction of sp³-hybridized carbons (Fsp3) is 0.500. The van der Waals surface area contributed by atoms with Crippen molar-refractivity contribution in [3.63, 3.8) is 0 Å². The first-order valence-electron chi connectivity index (χ1n) is 2.37. The van der Waals surface area contributed by atoms with Gasteiger partial charge in [0.05, 0.1) is 0 Å². The molecule has 0 spiro atoms. The monoisotopic (exact) mass is 129 g/mol. The summed E-state index contributed by atoms with van der Waals surface area (Å²) in [6.45, 7) is 0.885. The maximum absolute atomic E-state index is 4.03. The van der Waals surface area contributed by atoms with Crippen molar-refractivity contribution in [1.82, 2.24) is 14.8 Å². The van der Waals surface area contributed by atoms with Gasteiger partial charge in [-0.25, -0.2) is 0 Å². The molecule has 0 unspecified atom stereocenters. The van der Waals surface area contributed by atoms with Crippen LogP contribution in [0.25, 0.3) is 0 Å². The van der Waals surface area contributed by atoms with Gasteiger partial charge in [-0.3, -0.25) is 0 Å². The highest BCUT2D eigenvalue weighted by molar-refractivity contribution is 7.80. The summed E-state index contributed by atoms with van der Waals surface area (Å²) in [5.74, 6) is 0.831. The van der Waals surface area contributed by atoms with Crippen LogP contribution in [0.3, 0.4) is 0 Å². The lowest BCUT2D eigenvalue weighted by atomic mass is 10.7. The minimum Gasteiger partial charge on any atom is -0.319 e. The van der Waals surface area contributed by atoms with Gasteiger partial charge >= 0.3 is 0 Å². The first-order valence-corrected chi connectivity index (χ1v) is 3.00. The van der Waals surface area contributed by atoms with E-state index in [0.29, 0.717) is 0 Å². The first kappa shape index (κ1) is 5.62. The minimum absolute atomic E-state index is 0.831. The van der Waals surface area contributed by atoms with E-state index in [1.54, 1.807) is 12.7 Å². The summed E-state index contributed by atoms with van der Waals surface area (Å²) in [4.78, 5) is 0. The Hall–Kier alpha value is -0.510. The van der Waals surface area contributed by atoms with Crippen LogP contribution in [-0.2, 0) is 6.54 Å². The summed E-state index contributed by atoms with van der Waals surface area (Å²) in [6.07, 6.45) is 3.35. The van der Waals surface area contributed by atoms with Crippen LogP contribution < -0.4 is 0 Å². The van der Waals surface area contributed by atoms with E-state index in [0.717, 1.165) is 12.3 Å². The molecule has 1 aromatic rings. The topological polar surface area (TPSA) is 30.7 Å². The molecule has 0 saturated heterocycles. The summed E-state index contributed by atoms with van der Waals surface area (Å²) < 4.78 is 1.88. The third-order valence-corrected chi connectivity index (χ3v) is 1.02. The third kappa shape index (κ3) is 1.23. The van der Waals surface area contributed by atoms with Crippen LogP contribution in [0.5, 0.6) is 0 Å². The highest BCUT2D eigenvalue weighted by Gasteiger charge is 1.83. The van der Waals surface area contributed by atoms with E-state index in [1.807, 2.05) is 4.57 Å². The first-order chi connectivity index (χ1) is 3.93. The Bertz CT molecular complexity index is 137. The number of rotatable bonds is 2. The van der Waals surface area contributed by atoms with Crippen LogP contribution in [0, 0.1) is 0 Å². The molecule has 0 amide bonds. The molecule has 0 aliphatic rings. The Kier molecular flexibility index (Phi) is 1.91. The lowest BCUT2D eigenvalue weighted by molar-refractivity contribution is 0.769. The lowest BCUT2D eigenvalue weighted by Gasteiger charge is -1.91. The summed E-state index contributed by atoms with van der Waals surface area (Å²) >= 11 is 4.03. The molecule has 44 valence electrons. The molecule has 4 heteroatoms. The summed E-state index contributed by atoms with van der Waals surface area (Å²) in [5, 5.41) is 7.24. The molecule has 0 atom stereocenters. The Balaban J connectivity index is 2.50. The highest BCUT2D eigenvalue weighted by Crippen LogP contribution is 1.82. The van der Waals surface area contributed by atoms with Crippen LogP contribution in [-0.4, -0.2) is 20.5 Å². The van der Waals surface area contributed by atoms with Crippen molar-refractivity contribution in [2.45, 2.75) is 6.54 Å². The standard InChI is InChI=1S/C4H7N3S/c8-2-1-7-3-5-6-4-7/h3-4,8H,1-2H2. The molecule has 3 nitrogen and oxygen atoms in total. The van der Waals surface area contributed by atoms with Gasteiger partial charge in [-0.1, -0.05) is 0 Å². The van der Waals surface area contributed by atoms with Gasteiger partial charge < -0.3 is 4.57 Å². The van der Waals surface area contributed by atoms with Gasteiger partial charge in [0.1, 0.15) is 12.7 Å². The van der Waals surface area contributed by atoms with Crippen molar-refractivity contribution in [2.24, 2.45) is 0 Å². The van der Waals surface area contributed by atoms with Crippen molar-refractivity contribution in [1.29, 1.82) is 0 Å². The van der Waals surface area contributed by atoms with Crippen molar-refractivity contribution >= 4 is 12.6 Å². The number of hydrogen-bond donors (Lipinski definition) is 1. The van der Waals surface area contributed by atoms with Crippen molar-refractivity contribution in [2.75, 3.05) is 5.75 Å². The van der Waals surface area contributed by atoms with Gasteiger partial charge in [0, 0.05) is 12.3 Å².